The molecule has 2 aliphatic rings. The molecule has 2 aliphatic heterocycles. The molecule has 0 saturated carbocycles. The van der Waals surface area contributed by atoms with Gasteiger partial charge in [-0.1, -0.05) is 11.8 Å². The van der Waals surface area contributed by atoms with Crippen LogP contribution in [0.25, 0.3) is 0 Å². The highest BCUT2D eigenvalue weighted by Crippen LogP contribution is 2.13. The second kappa shape index (κ2) is 6.10. The van der Waals surface area contributed by atoms with Crippen LogP contribution in [-0.2, 0) is 4.74 Å². The van der Waals surface area contributed by atoms with Crippen molar-refractivity contribution in [2.45, 2.75) is 12.8 Å². The molecule has 0 bridgehead atoms. The molecule has 0 aromatic heterocycles. The van der Waals surface area contributed by atoms with Crippen LogP contribution >= 0.6 is 11.8 Å². The maximum absolute atomic E-state index is 11.5. The Hall–Kier alpha value is -0.750. The van der Waals surface area contributed by atoms with Gasteiger partial charge in [0.2, 0.25) is 0 Å². The van der Waals surface area contributed by atoms with E-state index in [9.17, 15) is 4.79 Å². The fourth-order valence-electron chi connectivity index (χ4n) is 1.74. The van der Waals surface area contributed by atoms with Gasteiger partial charge in [0.1, 0.15) is 0 Å². The molecule has 90 valence electrons. The highest BCUT2D eigenvalue weighted by atomic mass is 32.2. The second-order valence-corrected chi connectivity index (χ2v) is 5.01. The summed E-state index contributed by atoms with van der Waals surface area (Å²) in [6.07, 6.45) is 2.08. The zero-order valence-corrected chi connectivity index (χ0v) is 10.0. The Balaban J connectivity index is 1.63. The summed E-state index contributed by atoms with van der Waals surface area (Å²) in [7, 11) is 0. The first-order valence-electron chi connectivity index (χ1n) is 5.64. The Bertz CT molecular complexity index is 277. The first-order chi connectivity index (χ1) is 7.84. The van der Waals surface area contributed by atoms with E-state index in [1.807, 2.05) is 0 Å². The quantitative estimate of drug-likeness (QED) is 0.754. The lowest BCUT2D eigenvalue weighted by molar-refractivity contribution is 0.0670. The fraction of sp³-hybridized carbons (Fsp3) is 0.800. The van der Waals surface area contributed by atoms with E-state index < -0.39 is 0 Å². The first-order valence-corrected chi connectivity index (χ1v) is 6.63. The summed E-state index contributed by atoms with van der Waals surface area (Å²) < 4.78 is 5.26. The molecule has 16 heavy (non-hydrogen) atoms. The number of amides is 2. The molecule has 1 saturated heterocycles. The van der Waals surface area contributed by atoms with E-state index in [1.165, 1.54) is 0 Å². The van der Waals surface area contributed by atoms with Crippen LogP contribution in [0.1, 0.15) is 12.8 Å². The minimum absolute atomic E-state index is 0.139. The zero-order valence-electron chi connectivity index (χ0n) is 9.20. The van der Waals surface area contributed by atoms with Crippen LogP contribution < -0.4 is 10.6 Å². The van der Waals surface area contributed by atoms with Gasteiger partial charge < -0.3 is 10.1 Å². The maximum atomic E-state index is 11.5. The van der Waals surface area contributed by atoms with Crippen molar-refractivity contribution >= 4 is 23.0 Å². The average Bonchev–Trinajstić information content (AvgIpc) is 2.81. The molecule has 1 fully saturated rings. The molecule has 0 unspecified atom stereocenters. The first kappa shape index (κ1) is 11.7. The summed E-state index contributed by atoms with van der Waals surface area (Å²) in [5, 5.41) is 6.37. The van der Waals surface area contributed by atoms with Crippen molar-refractivity contribution in [3.05, 3.63) is 0 Å². The lowest BCUT2D eigenvalue weighted by Gasteiger charge is -2.22. The van der Waals surface area contributed by atoms with Crippen LogP contribution in [-0.4, -0.2) is 43.3 Å². The van der Waals surface area contributed by atoms with Crippen LogP contribution in [0.5, 0.6) is 0 Å². The van der Waals surface area contributed by atoms with Crippen molar-refractivity contribution < 1.29 is 9.53 Å². The summed E-state index contributed by atoms with van der Waals surface area (Å²) in [5.74, 6) is 1.52. The molecule has 0 atom stereocenters. The van der Waals surface area contributed by atoms with E-state index in [2.05, 4.69) is 15.6 Å². The van der Waals surface area contributed by atoms with Gasteiger partial charge in [-0.05, 0) is 18.8 Å². The van der Waals surface area contributed by atoms with Crippen molar-refractivity contribution in [3.8, 4) is 0 Å². The Morgan fingerprint density at radius 1 is 1.50 bits per heavy atom. The van der Waals surface area contributed by atoms with Crippen molar-refractivity contribution in [2.24, 2.45) is 10.9 Å². The number of nitrogens with zero attached hydrogens (tertiary/aromatic N) is 1. The minimum atomic E-state index is -0.139. The molecule has 2 heterocycles. The number of hydrogen-bond acceptors (Lipinski definition) is 4. The number of aliphatic imine (C=N–C) groups is 1. The van der Waals surface area contributed by atoms with Crippen LogP contribution in [0.3, 0.4) is 0 Å². The topological polar surface area (TPSA) is 62.7 Å². The van der Waals surface area contributed by atoms with Gasteiger partial charge in [0.05, 0.1) is 6.54 Å². The molecule has 0 aliphatic carbocycles. The molecule has 0 spiro atoms. The number of hydrogen-bond donors (Lipinski definition) is 2. The third kappa shape index (κ3) is 3.68. The number of carbonyl (C=O) groups is 1. The molecule has 2 rings (SSSR count). The summed E-state index contributed by atoms with van der Waals surface area (Å²) >= 11 is 1.59. The van der Waals surface area contributed by atoms with E-state index in [0.717, 1.165) is 50.1 Å². The standard InChI is InChI=1S/C10H17N3O2S/c14-9(13-10-11-3-6-16-10)12-7-8-1-4-15-5-2-8/h8H,1-7H2,(H2,11,12,13,14). The normalized spacial score (nSPS) is 21.6. The Morgan fingerprint density at radius 2 is 2.31 bits per heavy atom. The third-order valence-corrected chi connectivity index (χ3v) is 3.59. The number of ether oxygens (including phenoxy) is 1. The van der Waals surface area contributed by atoms with E-state index in [0.29, 0.717) is 5.92 Å². The van der Waals surface area contributed by atoms with Gasteiger partial charge in [0, 0.05) is 25.5 Å². The van der Waals surface area contributed by atoms with Gasteiger partial charge in [-0.2, -0.15) is 0 Å². The second-order valence-electron chi connectivity index (χ2n) is 3.93. The van der Waals surface area contributed by atoms with Crippen molar-refractivity contribution in [1.29, 1.82) is 0 Å². The zero-order chi connectivity index (χ0) is 11.2. The lowest BCUT2D eigenvalue weighted by atomic mass is 10.0. The van der Waals surface area contributed by atoms with Crippen LogP contribution in [0.15, 0.2) is 4.99 Å². The van der Waals surface area contributed by atoms with Gasteiger partial charge in [-0.3, -0.25) is 10.3 Å². The van der Waals surface area contributed by atoms with Crippen molar-refractivity contribution in [3.63, 3.8) is 0 Å². The van der Waals surface area contributed by atoms with Crippen LogP contribution in [0.4, 0.5) is 4.79 Å². The average molecular weight is 243 g/mol. The highest BCUT2D eigenvalue weighted by Gasteiger charge is 2.15. The molecular weight excluding hydrogens is 226 g/mol. The van der Waals surface area contributed by atoms with Crippen molar-refractivity contribution in [1.82, 2.24) is 10.6 Å². The summed E-state index contributed by atoms with van der Waals surface area (Å²) in [6, 6.07) is -0.139. The maximum Gasteiger partial charge on any atom is 0.320 e. The number of amidine groups is 1. The minimum Gasteiger partial charge on any atom is -0.381 e. The fourth-order valence-corrected chi connectivity index (χ4v) is 2.46. The van der Waals surface area contributed by atoms with Gasteiger partial charge in [-0.15, -0.1) is 0 Å². The third-order valence-electron chi connectivity index (χ3n) is 2.70. The van der Waals surface area contributed by atoms with Crippen molar-refractivity contribution in [2.75, 3.05) is 32.1 Å². The lowest BCUT2D eigenvalue weighted by Crippen LogP contribution is -2.41. The Morgan fingerprint density at radius 3 is 3.00 bits per heavy atom. The molecule has 5 nitrogen and oxygen atoms in total. The number of nitrogens with one attached hydrogen (secondary N) is 2. The Kier molecular flexibility index (Phi) is 4.47. The summed E-state index contributed by atoms with van der Waals surface area (Å²) in [4.78, 5) is 15.7. The SMILES string of the molecule is O=C(NCC1CCOCC1)NC1=NCCS1. The number of rotatable bonds is 2. The van der Waals surface area contributed by atoms with E-state index in [-0.39, 0.29) is 6.03 Å². The number of carbonyl (C=O) groups excluding carboxylic acids is 1. The summed E-state index contributed by atoms with van der Waals surface area (Å²) in [6.45, 7) is 3.17. The molecular formula is C10H17N3O2S. The van der Waals surface area contributed by atoms with Gasteiger partial charge in [0.25, 0.3) is 0 Å². The predicted molar refractivity (Wildman–Crippen MR) is 64.8 cm³/mol. The van der Waals surface area contributed by atoms with Crippen LogP contribution in [0, 0.1) is 5.92 Å². The van der Waals surface area contributed by atoms with Gasteiger partial charge in [-0.25, -0.2) is 4.79 Å². The summed E-state index contributed by atoms with van der Waals surface area (Å²) in [5.41, 5.74) is 0. The molecule has 2 N–H and O–H groups in total. The number of thioether (sulfide) groups is 1. The molecule has 0 aromatic rings. The molecule has 2 amide bonds. The van der Waals surface area contributed by atoms with Crippen LogP contribution in [0.2, 0.25) is 0 Å². The largest absolute Gasteiger partial charge is 0.381 e. The molecule has 6 heteroatoms. The smallest absolute Gasteiger partial charge is 0.320 e. The predicted octanol–water partition coefficient (Wildman–Crippen LogP) is 0.815. The van der Waals surface area contributed by atoms with Gasteiger partial charge in [0.15, 0.2) is 5.17 Å². The monoisotopic (exact) mass is 243 g/mol. The van der Waals surface area contributed by atoms with E-state index >= 15 is 0 Å². The van der Waals surface area contributed by atoms with Gasteiger partial charge >= 0.3 is 6.03 Å². The highest BCUT2D eigenvalue weighted by molar-refractivity contribution is 8.14. The number of urea groups is 1. The molecule has 0 aromatic carbocycles. The Labute approximate surface area is 99.4 Å². The molecule has 0 radical (unpaired) electrons. The van der Waals surface area contributed by atoms with E-state index in [1.54, 1.807) is 11.8 Å². The van der Waals surface area contributed by atoms with E-state index in [4.69, 9.17) is 4.74 Å².